The van der Waals surface area contributed by atoms with Gasteiger partial charge in [0.05, 0.1) is 6.33 Å². The van der Waals surface area contributed by atoms with Gasteiger partial charge in [-0.05, 0) is 26.0 Å². The molecule has 0 spiro atoms. The molecule has 3 aromatic rings. The number of fused-ring (bicyclic) bond motifs is 2. The van der Waals surface area contributed by atoms with Gasteiger partial charge < -0.3 is 30.2 Å². The summed E-state index contributed by atoms with van der Waals surface area (Å²) in [6, 6.07) is 8.27. The summed E-state index contributed by atoms with van der Waals surface area (Å²) < 4.78 is 20.2. The van der Waals surface area contributed by atoms with Crippen molar-refractivity contribution in [2.45, 2.75) is 44.2 Å². The van der Waals surface area contributed by atoms with Crippen molar-refractivity contribution >= 4 is 34.7 Å². The molecule has 2 aromatic heterocycles. The topological polar surface area (TPSA) is 154 Å². The number of nitrogens with zero attached hydrogens (tertiary/aromatic N) is 4. The minimum atomic E-state index is -0.823. The average molecular weight is 483 g/mol. The van der Waals surface area contributed by atoms with E-state index in [0.29, 0.717) is 16.9 Å². The van der Waals surface area contributed by atoms with Crippen molar-refractivity contribution < 1.29 is 23.8 Å². The summed E-state index contributed by atoms with van der Waals surface area (Å²) in [7, 11) is 1.54. The molecule has 13 heteroatoms. The van der Waals surface area contributed by atoms with Gasteiger partial charge in [0.25, 0.3) is 0 Å². The van der Waals surface area contributed by atoms with Gasteiger partial charge in [0.2, 0.25) is 0 Å². The van der Waals surface area contributed by atoms with Gasteiger partial charge in [-0.1, -0.05) is 18.2 Å². The van der Waals surface area contributed by atoms with Crippen molar-refractivity contribution in [3.8, 4) is 0 Å². The van der Waals surface area contributed by atoms with Crippen LogP contribution in [0.4, 0.5) is 21.1 Å². The van der Waals surface area contributed by atoms with Gasteiger partial charge in [-0.3, -0.25) is 9.88 Å². The fourth-order valence-corrected chi connectivity index (χ4v) is 4.25. The van der Waals surface area contributed by atoms with E-state index in [2.05, 4.69) is 36.2 Å². The Hall–Kier alpha value is -3.81. The van der Waals surface area contributed by atoms with E-state index in [1.165, 1.54) is 13.4 Å². The Bertz CT molecular complexity index is 1230. The smallest absolute Gasteiger partial charge is 0.324 e. The van der Waals surface area contributed by atoms with E-state index in [-0.39, 0.29) is 18.4 Å². The van der Waals surface area contributed by atoms with E-state index >= 15 is 0 Å². The number of hydrogen-bond donors (Lipinski definition) is 4. The molecule has 2 aliphatic heterocycles. The Labute approximate surface area is 200 Å². The Balaban J connectivity index is 1.38. The molecule has 0 bridgehead atoms. The molecule has 4 heterocycles. The minimum absolute atomic E-state index is 0.227. The molecule has 35 heavy (non-hydrogen) atoms. The van der Waals surface area contributed by atoms with Crippen LogP contribution in [0.2, 0.25) is 0 Å². The van der Waals surface area contributed by atoms with Crippen molar-refractivity contribution in [1.82, 2.24) is 30.2 Å². The molecule has 4 N–H and O–H groups in total. The van der Waals surface area contributed by atoms with Gasteiger partial charge in [0, 0.05) is 19.3 Å². The van der Waals surface area contributed by atoms with Crippen LogP contribution in [-0.2, 0) is 14.2 Å². The van der Waals surface area contributed by atoms with Gasteiger partial charge >= 0.3 is 12.1 Å². The number of anilines is 2. The summed E-state index contributed by atoms with van der Waals surface area (Å²) in [5.41, 5.74) is 1.48. The minimum Gasteiger partial charge on any atom is -0.347 e. The quantitative estimate of drug-likeness (QED) is 0.429. The van der Waals surface area contributed by atoms with Gasteiger partial charge in [-0.25, -0.2) is 24.5 Å². The number of carbonyl (C=O) groups is 2. The van der Waals surface area contributed by atoms with Gasteiger partial charge in [-0.15, -0.1) is 0 Å². The summed E-state index contributed by atoms with van der Waals surface area (Å²) in [5.74, 6) is -0.575. The third kappa shape index (κ3) is 4.60. The summed E-state index contributed by atoms with van der Waals surface area (Å²) in [6.45, 7) is 3.88. The predicted octanol–water partition coefficient (Wildman–Crippen LogP) is 1.82. The van der Waals surface area contributed by atoms with Crippen LogP contribution in [0.15, 0.2) is 43.0 Å². The summed E-state index contributed by atoms with van der Waals surface area (Å²) >= 11 is 0. The molecule has 4 amide bonds. The average Bonchev–Trinajstić information content (AvgIpc) is 3.49. The first-order valence-electron chi connectivity index (χ1n) is 11.1. The molecule has 0 aliphatic carbocycles. The molecule has 0 saturated carbocycles. The number of ether oxygens (including phenoxy) is 3. The third-order valence-corrected chi connectivity index (χ3v) is 5.71. The summed E-state index contributed by atoms with van der Waals surface area (Å²) in [6.07, 6.45) is 0.935. The molecule has 2 saturated heterocycles. The first kappa shape index (κ1) is 23.0. The number of para-hydroxylation sites is 1. The first-order chi connectivity index (χ1) is 16.8. The van der Waals surface area contributed by atoms with Crippen molar-refractivity contribution in [2.24, 2.45) is 0 Å². The van der Waals surface area contributed by atoms with Crippen LogP contribution in [0.1, 0.15) is 20.1 Å². The lowest BCUT2D eigenvalue weighted by Crippen LogP contribution is -2.42. The van der Waals surface area contributed by atoms with Crippen molar-refractivity contribution in [3.05, 3.63) is 43.0 Å². The fraction of sp³-hybridized carbons (Fsp3) is 0.409. The zero-order chi connectivity index (χ0) is 24.6. The van der Waals surface area contributed by atoms with Crippen LogP contribution in [0.3, 0.4) is 0 Å². The first-order valence-corrected chi connectivity index (χ1v) is 11.1. The number of hydrogen-bond acceptors (Lipinski definition) is 8. The number of amides is 4. The molecule has 4 atom stereocenters. The lowest BCUT2D eigenvalue weighted by atomic mass is 10.1. The maximum Gasteiger partial charge on any atom is 0.324 e. The van der Waals surface area contributed by atoms with E-state index in [1.54, 1.807) is 23.0 Å². The fourth-order valence-electron chi connectivity index (χ4n) is 4.25. The Kier molecular flexibility index (Phi) is 5.96. The highest BCUT2D eigenvalue weighted by atomic mass is 16.8. The second kappa shape index (κ2) is 9.09. The second-order valence-electron chi connectivity index (χ2n) is 8.58. The Morgan fingerprint density at radius 1 is 1.03 bits per heavy atom. The number of carbonyl (C=O) groups excluding carboxylic acids is 2. The van der Waals surface area contributed by atoms with Crippen LogP contribution in [0, 0.1) is 0 Å². The number of rotatable bonds is 5. The number of urea groups is 2. The van der Waals surface area contributed by atoms with Crippen LogP contribution in [-0.4, -0.2) is 69.3 Å². The molecular weight excluding hydrogens is 456 g/mol. The largest absolute Gasteiger partial charge is 0.347 e. The van der Waals surface area contributed by atoms with Gasteiger partial charge in [0.1, 0.15) is 24.6 Å². The molecule has 1 aromatic carbocycles. The van der Waals surface area contributed by atoms with Crippen molar-refractivity contribution in [1.29, 1.82) is 0 Å². The molecular formula is C22H26N8O5. The molecule has 2 aliphatic rings. The normalized spacial score (nSPS) is 24.7. The Morgan fingerprint density at radius 2 is 1.80 bits per heavy atom. The molecule has 13 nitrogen and oxygen atoms in total. The Morgan fingerprint density at radius 3 is 2.57 bits per heavy atom. The molecule has 184 valence electrons. The highest BCUT2D eigenvalue weighted by Crippen LogP contribution is 2.43. The molecule has 2 unspecified atom stereocenters. The molecule has 5 rings (SSSR count). The van der Waals surface area contributed by atoms with E-state index < -0.39 is 36.4 Å². The summed E-state index contributed by atoms with van der Waals surface area (Å²) in [4.78, 5) is 37.1. The van der Waals surface area contributed by atoms with Crippen LogP contribution < -0.4 is 21.3 Å². The van der Waals surface area contributed by atoms with E-state index in [9.17, 15) is 9.59 Å². The third-order valence-electron chi connectivity index (χ3n) is 5.71. The van der Waals surface area contributed by atoms with Crippen LogP contribution in [0.5, 0.6) is 0 Å². The summed E-state index contributed by atoms with van der Waals surface area (Å²) in [5, 5.41) is 10.7. The lowest BCUT2D eigenvalue weighted by molar-refractivity contribution is -0.195. The lowest BCUT2D eigenvalue weighted by Gasteiger charge is -2.24. The monoisotopic (exact) mass is 482 g/mol. The maximum absolute atomic E-state index is 12.5. The van der Waals surface area contributed by atoms with Gasteiger partial charge in [0.15, 0.2) is 29.0 Å². The highest BCUT2D eigenvalue weighted by Gasteiger charge is 2.56. The van der Waals surface area contributed by atoms with E-state index in [4.69, 9.17) is 14.2 Å². The predicted molar refractivity (Wildman–Crippen MR) is 125 cm³/mol. The number of aromatic nitrogens is 4. The second-order valence-corrected chi connectivity index (χ2v) is 8.58. The van der Waals surface area contributed by atoms with E-state index in [0.717, 1.165) is 0 Å². The van der Waals surface area contributed by atoms with Crippen molar-refractivity contribution in [3.63, 3.8) is 0 Å². The molecule has 0 radical (unpaired) electrons. The zero-order valence-electron chi connectivity index (χ0n) is 19.4. The van der Waals surface area contributed by atoms with E-state index in [1.807, 2.05) is 32.0 Å². The zero-order valence-corrected chi connectivity index (χ0v) is 19.4. The van der Waals surface area contributed by atoms with Crippen LogP contribution in [0.25, 0.3) is 11.2 Å². The standard InChI is InChI=1S/C22H26N8O5/c1-22(2)34-15-13(9-24-20(31)23-3)33-19(16(15)35-22)30-11-27-14-17(25-10-26-18(14)30)29-21(32)28-12-7-5-4-6-8-12/h4-8,10-11,13,15-16,19H,9H2,1-3H3,(H2,23,24,31)(H2,25,26,28,29,32)/t13-,15?,16?,19-/m1/s1. The van der Waals surface area contributed by atoms with Gasteiger partial charge in [-0.2, -0.15) is 0 Å². The van der Waals surface area contributed by atoms with Crippen molar-refractivity contribution in [2.75, 3.05) is 24.2 Å². The number of benzene rings is 1. The number of nitrogens with one attached hydrogen (secondary N) is 4. The highest BCUT2D eigenvalue weighted by molar-refractivity contribution is 6.02. The maximum atomic E-state index is 12.5. The molecule has 2 fully saturated rings. The SMILES string of the molecule is CNC(=O)NC[C@H]1O[C@@H](n2cnc3c(NC(=O)Nc4ccccc4)ncnc32)C2OC(C)(C)OC21. The number of imidazole rings is 1. The van der Waals surface area contributed by atoms with Crippen LogP contribution >= 0.6 is 0 Å².